The lowest BCUT2D eigenvalue weighted by Gasteiger charge is -2.15. The van der Waals surface area contributed by atoms with Gasteiger partial charge in [-0.2, -0.15) is 0 Å². The number of nitrogens with zero attached hydrogens (tertiary/aromatic N) is 1. The van der Waals surface area contributed by atoms with Gasteiger partial charge in [0.05, 0.1) is 6.54 Å². The molecule has 4 heteroatoms. The highest BCUT2D eigenvalue weighted by molar-refractivity contribution is 5.93. The van der Waals surface area contributed by atoms with Crippen molar-refractivity contribution in [3.05, 3.63) is 23.8 Å². The van der Waals surface area contributed by atoms with E-state index in [1.807, 2.05) is 38.1 Å². The first-order chi connectivity index (χ1) is 7.54. The molecule has 0 saturated heterocycles. The molecule has 0 radical (unpaired) electrons. The van der Waals surface area contributed by atoms with Crippen molar-refractivity contribution < 1.29 is 4.79 Å². The quantitative estimate of drug-likeness (QED) is 0.803. The predicted octanol–water partition coefficient (Wildman–Crippen LogP) is 1.22. The second kappa shape index (κ2) is 5.51. The average molecular weight is 221 g/mol. The molecule has 0 aromatic heterocycles. The number of hydrogen-bond donors (Lipinski definition) is 2. The molecule has 0 fully saturated rings. The first kappa shape index (κ1) is 12.5. The fourth-order valence-electron chi connectivity index (χ4n) is 1.42. The summed E-state index contributed by atoms with van der Waals surface area (Å²) in [5, 5.41) is 5.67. The largest absolute Gasteiger partial charge is 0.378 e. The molecule has 0 aliphatic heterocycles. The van der Waals surface area contributed by atoms with Crippen molar-refractivity contribution in [1.82, 2.24) is 5.32 Å². The fourth-order valence-corrected chi connectivity index (χ4v) is 1.42. The first-order valence-corrected chi connectivity index (χ1v) is 5.27. The van der Waals surface area contributed by atoms with Crippen LogP contribution < -0.4 is 15.5 Å². The number of carbonyl (C=O) groups excluding carboxylic acids is 1. The molecular weight excluding hydrogens is 202 g/mol. The standard InChI is InChI=1S/C12H19N3O/c1-9-7-10(15(3)4)5-6-11(9)14-12(16)8-13-2/h5-7,13H,8H2,1-4H3,(H,14,16). The van der Waals surface area contributed by atoms with Crippen LogP contribution >= 0.6 is 0 Å². The van der Waals surface area contributed by atoms with Crippen LogP contribution in [0.3, 0.4) is 0 Å². The number of rotatable bonds is 4. The number of aryl methyl sites for hydroxylation is 1. The number of nitrogens with one attached hydrogen (secondary N) is 2. The maximum atomic E-state index is 11.4. The molecule has 0 atom stereocenters. The monoisotopic (exact) mass is 221 g/mol. The molecule has 0 bridgehead atoms. The van der Waals surface area contributed by atoms with Crippen molar-refractivity contribution in [1.29, 1.82) is 0 Å². The molecule has 0 aliphatic carbocycles. The summed E-state index contributed by atoms with van der Waals surface area (Å²) in [5.41, 5.74) is 3.06. The minimum absolute atomic E-state index is 0.0248. The first-order valence-electron chi connectivity index (χ1n) is 5.27. The van der Waals surface area contributed by atoms with Crippen molar-refractivity contribution in [2.75, 3.05) is 37.9 Å². The zero-order valence-corrected chi connectivity index (χ0v) is 10.3. The Morgan fingerprint density at radius 1 is 1.38 bits per heavy atom. The lowest BCUT2D eigenvalue weighted by molar-refractivity contribution is -0.115. The van der Waals surface area contributed by atoms with Crippen LogP contribution in [0.25, 0.3) is 0 Å². The van der Waals surface area contributed by atoms with Gasteiger partial charge in [0, 0.05) is 25.5 Å². The van der Waals surface area contributed by atoms with Gasteiger partial charge in [0.2, 0.25) is 5.91 Å². The Bertz CT molecular complexity index is 375. The van der Waals surface area contributed by atoms with Gasteiger partial charge in [-0.15, -0.1) is 0 Å². The van der Waals surface area contributed by atoms with Gasteiger partial charge in [-0.05, 0) is 37.7 Å². The second-order valence-corrected chi connectivity index (χ2v) is 3.97. The molecule has 0 saturated carbocycles. The van der Waals surface area contributed by atoms with E-state index in [9.17, 15) is 4.79 Å². The summed E-state index contributed by atoms with van der Waals surface area (Å²) < 4.78 is 0. The molecule has 4 nitrogen and oxygen atoms in total. The summed E-state index contributed by atoms with van der Waals surface area (Å²) in [4.78, 5) is 13.4. The van der Waals surface area contributed by atoms with E-state index in [1.54, 1.807) is 7.05 Å². The van der Waals surface area contributed by atoms with Crippen molar-refractivity contribution in [3.63, 3.8) is 0 Å². The van der Waals surface area contributed by atoms with Crippen LogP contribution in [0, 0.1) is 6.92 Å². The zero-order valence-electron chi connectivity index (χ0n) is 10.3. The lowest BCUT2D eigenvalue weighted by Crippen LogP contribution is -2.25. The zero-order chi connectivity index (χ0) is 12.1. The number of likely N-dealkylation sites (N-methyl/N-ethyl adjacent to an activating group) is 1. The summed E-state index contributed by atoms with van der Waals surface area (Å²) in [5.74, 6) is -0.0248. The Balaban J connectivity index is 2.79. The van der Waals surface area contributed by atoms with Gasteiger partial charge in [-0.3, -0.25) is 4.79 Å². The molecule has 1 amide bonds. The van der Waals surface area contributed by atoms with Gasteiger partial charge in [0.25, 0.3) is 0 Å². The molecule has 0 unspecified atom stereocenters. The van der Waals surface area contributed by atoms with Crippen molar-refractivity contribution in [3.8, 4) is 0 Å². The summed E-state index contributed by atoms with van der Waals surface area (Å²) in [6.07, 6.45) is 0. The summed E-state index contributed by atoms with van der Waals surface area (Å²) >= 11 is 0. The Labute approximate surface area is 96.6 Å². The van der Waals surface area contributed by atoms with Gasteiger partial charge in [0.1, 0.15) is 0 Å². The SMILES string of the molecule is CNCC(=O)Nc1ccc(N(C)C)cc1C. The van der Waals surface area contributed by atoms with Gasteiger partial charge in [-0.25, -0.2) is 0 Å². The van der Waals surface area contributed by atoms with E-state index in [4.69, 9.17) is 0 Å². The Morgan fingerprint density at radius 2 is 2.06 bits per heavy atom. The second-order valence-electron chi connectivity index (χ2n) is 3.97. The number of anilines is 2. The average Bonchev–Trinajstić information content (AvgIpc) is 2.21. The van der Waals surface area contributed by atoms with E-state index < -0.39 is 0 Å². The summed E-state index contributed by atoms with van der Waals surface area (Å²) in [7, 11) is 5.74. The summed E-state index contributed by atoms with van der Waals surface area (Å²) in [6.45, 7) is 2.32. The van der Waals surface area contributed by atoms with Crippen LogP contribution in [-0.2, 0) is 4.79 Å². The third-order valence-corrected chi connectivity index (χ3v) is 2.34. The minimum atomic E-state index is -0.0248. The van der Waals surface area contributed by atoms with Crippen LogP contribution in [0.2, 0.25) is 0 Å². The van der Waals surface area contributed by atoms with Gasteiger partial charge >= 0.3 is 0 Å². The van der Waals surface area contributed by atoms with Gasteiger partial charge < -0.3 is 15.5 Å². The Morgan fingerprint density at radius 3 is 2.56 bits per heavy atom. The molecule has 16 heavy (non-hydrogen) atoms. The van der Waals surface area contributed by atoms with Crippen molar-refractivity contribution >= 4 is 17.3 Å². The molecule has 0 aliphatic rings. The maximum Gasteiger partial charge on any atom is 0.238 e. The third kappa shape index (κ3) is 3.24. The molecule has 0 spiro atoms. The highest BCUT2D eigenvalue weighted by Gasteiger charge is 2.04. The van der Waals surface area contributed by atoms with Crippen LogP contribution in [0.1, 0.15) is 5.56 Å². The maximum absolute atomic E-state index is 11.4. The normalized spacial score (nSPS) is 10.0. The van der Waals surface area contributed by atoms with Gasteiger partial charge in [-0.1, -0.05) is 0 Å². The van der Waals surface area contributed by atoms with E-state index in [-0.39, 0.29) is 5.91 Å². The topological polar surface area (TPSA) is 44.4 Å². The van der Waals surface area contributed by atoms with E-state index in [0.29, 0.717) is 6.54 Å². The van der Waals surface area contributed by atoms with E-state index >= 15 is 0 Å². The van der Waals surface area contributed by atoms with Crippen molar-refractivity contribution in [2.45, 2.75) is 6.92 Å². The van der Waals surface area contributed by atoms with Crippen LogP contribution in [0.5, 0.6) is 0 Å². The van der Waals surface area contributed by atoms with E-state index in [1.165, 1.54) is 0 Å². The van der Waals surface area contributed by atoms with Crippen LogP contribution in [-0.4, -0.2) is 33.6 Å². The number of carbonyl (C=O) groups is 1. The molecule has 1 rings (SSSR count). The smallest absolute Gasteiger partial charge is 0.238 e. The van der Waals surface area contributed by atoms with E-state index in [0.717, 1.165) is 16.9 Å². The molecule has 0 heterocycles. The lowest BCUT2D eigenvalue weighted by atomic mass is 10.1. The number of amides is 1. The van der Waals surface area contributed by atoms with Gasteiger partial charge in [0.15, 0.2) is 0 Å². The summed E-state index contributed by atoms with van der Waals surface area (Å²) in [6, 6.07) is 5.97. The molecule has 1 aromatic carbocycles. The predicted molar refractivity (Wildman–Crippen MR) is 68.1 cm³/mol. The van der Waals surface area contributed by atoms with Crippen molar-refractivity contribution in [2.24, 2.45) is 0 Å². The molecule has 88 valence electrons. The third-order valence-electron chi connectivity index (χ3n) is 2.34. The number of hydrogen-bond acceptors (Lipinski definition) is 3. The molecular formula is C12H19N3O. The Kier molecular flexibility index (Phi) is 4.31. The highest BCUT2D eigenvalue weighted by atomic mass is 16.1. The highest BCUT2D eigenvalue weighted by Crippen LogP contribution is 2.21. The van der Waals surface area contributed by atoms with Crippen LogP contribution in [0.15, 0.2) is 18.2 Å². The van der Waals surface area contributed by atoms with Crippen LogP contribution in [0.4, 0.5) is 11.4 Å². The molecule has 1 aromatic rings. The number of benzene rings is 1. The van der Waals surface area contributed by atoms with E-state index in [2.05, 4.69) is 16.7 Å². The Hall–Kier alpha value is -1.55. The minimum Gasteiger partial charge on any atom is -0.378 e. The fraction of sp³-hybridized carbons (Fsp3) is 0.417. The molecule has 2 N–H and O–H groups in total.